The van der Waals surface area contributed by atoms with Gasteiger partial charge in [-0.05, 0) is 55.3 Å². The van der Waals surface area contributed by atoms with Gasteiger partial charge >= 0.3 is 6.18 Å². The molecule has 1 unspecified atom stereocenters. The maximum absolute atomic E-state index is 13.0. The summed E-state index contributed by atoms with van der Waals surface area (Å²) >= 11 is 0. The minimum Gasteiger partial charge on any atom is -0.386 e. The third kappa shape index (κ3) is 5.30. The van der Waals surface area contributed by atoms with E-state index in [0.717, 1.165) is 34.0 Å². The molecule has 30 heavy (non-hydrogen) atoms. The molecule has 1 aliphatic rings. The number of anilines is 5. The van der Waals surface area contributed by atoms with Crippen LogP contribution in [-0.2, 0) is 4.74 Å². The number of nitrogens with one attached hydrogen (secondary N) is 3. The highest BCUT2D eigenvalue weighted by Gasteiger charge is 2.43. The number of methoxy groups -OCH3 is 1. The first-order chi connectivity index (χ1) is 14.3. The average Bonchev–Trinajstić information content (AvgIpc) is 3.21. The average molecular weight is 422 g/mol. The van der Waals surface area contributed by atoms with Gasteiger partial charge in [0, 0.05) is 50.9 Å². The molecule has 0 aliphatic carbocycles. The van der Waals surface area contributed by atoms with E-state index in [2.05, 4.69) is 16.0 Å². The Morgan fingerprint density at radius 2 is 1.87 bits per heavy atom. The Morgan fingerprint density at radius 3 is 2.50 bits per heavy atom. The summed E-state index contributed by atoms with van der Waals surface area (Å²) in [6.45, 7) is 3.71. The van der Waals surface area contributed by atoms with E-state index in [1.807, 2.05) is 55.3 Å². The highest BCUT2D eigenvalue weighted by molar-refractivity contribution is 5.76. The van der Waals surface area contributed by atoms with Gasteiger partial charge in [0.2, 0.25) is 0 Å². The lowest BCUT2D eigenvalue weighted by Crippen LogP contribution is -2.27. The summed E-state index contributed by atoms with van der Waals surface area (Å²) in [4.78, 5) is 1.81. The van der Waals surface area contributed by atoms with Crippen LogP contribution in [0, 0.1) is 12.8 Å². The molecule has 5 nitrogen and oxygen atoms in total. The van der Waals surface area contributed by atoms with Gasteiger partial charge in [0.1, 0.15) is 0 Å². The Kier molecular flexibility index (Phi) is 6.97. The molecule has 2 aromatic carbocycles. The monoisotopic (exact) mass is 422 g/mol. The van der Waals surface area contributed by atoms with Gasteiger partial charge in [-0.3, -0.25) is 0 Å². The summed E-state index contributed by atoms with van der Waals surface area (Å²) in [7, 11) is 3.53. The van der Waals surface area contributed by atoms with Gasteiger partial charge in [-0.25, -0.2) is 0 Å². The van der Waals surface area contributed by atoms with Crippen molar-refractivity contribution in [3.63, 3.8) is 0 Å². The second kappa shape index (κ2) is 9.47. The summed E-state index contributed by atoms with van der Waals surface area (Å²) < 4.78 is 44.0. The summed E-state index contributed by atoms with van der Waals surface area (Å²) in [6.07, 6.45) is -3.97. The lowest BCUT2D eigenvalue weighted by atomic mass is 10.1. The van der Waals surface area contributed by atoms with Crippen molar-refractivity contribution in [2.75, 3.05) is 61.2 Å². The van der Waals surface area contributed by atoms with E-state index < -0.39 is 12.1 Å². The van der Waals surface area contributed by atoms with Crippen LogP contribution in [0.2, 0.25) is 0 Å². The summed E-state index contributed by atoms with van der Waals surface area (Å²) in [5.41, 5.74) is 5.60. The molecule has 0 spiro atoms. The number of ether oxygens (including phenoxy) is 1. The first-order valence-corrected chi connectivity index (χ1v) is 10.1. The molecule has 3 N–H and O–H groups in total. The van der Waals surface area contributed by atoms with E-state index in [4.69, 9.17) is 4.74 Å². The molecule has 0 bridgehead atoms. The molecule has 3 rings (SSSR count). The van der Waals surface area contributed by atoms with E-state index in [0.29, 0.717) is 19.7 Å². The first-order valence-electron chi connectivity index (χ1n) is 10.1. The highest BCUT2D eigenvalue weighted by atomic mass is 19.4. The quantitative estimate of drug-likeness (QED) is 0.509. The predicted molar refractivity (Wildman–Crippen MR) is 117 cm³/mol. The van der Waals surface area contributed by atoms with E-state index >= 15 is 0 Å². The van der Waals surface area contributed by atoms with Crippen LogP contribution in [0.5, 0.6) is 0 Å². The van der Waals surface area contributed by atoms with Crippen molar-refractivity contribution >= 4 is 28.4 Å². The Bertz CT molecular complexity index is 857. The van der Waals surface area contributed by atoms with Crippen LogP contribution in [0.4, 0.5) is 41.6 Å². The molecule has 1 fully saturated rings. The number of hydrogen-bond donors (Lipinski definition) is 3. The van der Waals surface area contributed by atoms with E-state index in [9.17, 15) is 13.2 Å². The molecule has 164 valence electrons. The Balaban J connectivity index is 1.71. The van der Waals surface area contributed by atoms with Gasteiger partial charge < -0.3 is 25.6 Å². The fraction of sp³-hybridized carbons (Fsp3) is 0.455. The fourth-order valence-corrected chi connectivity index (χ4v) is 3.68. The molecule has 1 atom stereocenters. The van der Waals surface area contributed by atoms with Gasteiger partial charge in [0.05, 0.1) is 23.9 Å². The number of alkyl halides is 3. The van der Waals surface area contributed by atoms with Crippen molar-refractivity contribution in [1.29, 1.82) is 0 Å². The smallest absolute Gasteiger partial charge is 0.386 e. The van der Waals surface area contributed by atoms with Crippen LogP contribution >= 0.6 is 0 Å². The van der Waals surface area contributed by atoms with Crippen LogP contribution in [0.25, 0.3) is 0 Å². The second-order valence-corrected chi connectivity index (χ2v) is 7.53. The Labute approximate surface area is 175 Å². The number of nitrogens with zero attached hydrogens (tertiary/aromatic N) is 1. The van der Waals surface area contributed by atoms with Gasteiger partial charge in [-0.15, -0.1) is 0 Å². The molecule has 8 heteroatoms. The number of halogens is 3. The zero-order valence-corrected chi connectivity index (χ0v) is 17.6. The molecular weight excluding hydrogens is 393 g/mol. The maximum Gasteiger partial charge on any atom is 0.393 e. The summed E-state index contributed by atoms with van der Waals surface area (Å²) in [6, 6.07) is 11.7. The van der Waals surface area contributed by atoms with Crippen LogP contribution in [-0.4, -0.2) is 46.6 Å². The molecule has 0 amide bonds. The molecule has 0 radical (unpaired) electrons. The van der Waals surface area contributed by atoms with Crippen molar-refractivity contribution in [2.24, 2.45) is 5.92 Å². The Hall–Kier alpha value is -2.61. The standard InChI is InChI=1S/C22H29F3N4O/c1-15-12-18(29-10-8-16(14-29)22(23,24)25)5-7-19(15)28-17-4-6-20(26-2)21(13-17)27-9-11-30-3/h4-7,12-13,16,26-28H,8-11,14H2,1-3H3. The fourth-order valence-electron chi connectivity index (χ4n) is 3.68. The van der Waals surface area contributed by atoms with Crippen molar-refractivity contribution in [3.8, 4) is 0 Å². The van der Waals surface area contributed by atoms with Crippen molar-refractivity contribution in [2.45, 2.75) is 19.5 Å². The molecule has 0 aromatic heterocycles. The Morgan fingerprint density at radius 1 is 1.10 bits per heavy atom. The molecule has 2 aromatic rings. The zero-order chi connectivity index (χ0) is 21.7. The van der Waals surface area contributed by atoms with Crippen LogP contribution < -0.4 is 20.9 Å². The maximum atomic E-state index is 13.0. The number of hydrogen-bond acceptors (Lipinski definition) is 5. The highest BCUT2D eigenvalue weighted by Crippen LogP contribution is 2.36. The van der Waals surface area contributed by atoms with Crippen molar-refractivity contribution < 1.29 is 17.9 Å². The lowest BCUT2D eigenvalue weighted by Gasteiger charge is -2.21. The number of rotatable bonds is 8. The topological polar surface area (TPSA) is 48.6 Å². The normalized spacial score (nSPS) is 16.6. The number of benzene rings is 2. The van der Waals surface area contributed by atoms with Gasteiger partial charge in [0.25, 0.3) is 0 Å². The molecule has 1 heterocycles. The lowest BCUT2D eigenvalue weighted by molar-refractivity contribution is -0.168. The SMILES string of the molecule is CNc1ccc(Nc2ccc(N3CCC(C(F)(F)F)C3)cc2C)cc1NCCOC. The van der Waals surface area contributed by atoms with E-state index in [1.165, 1.54) is 0 Å². The van der Waals surface area contributed by atoms with Crippen LogP contribution in [0.1, 0.15) is 12.0 Å². The molecular formula is C22H29F3N4O. The van der Waals surface area contributed by atoms with Gasteiger partial charge in [-0.2, -0.15) is 13.2 Å². The molecule has 1 saturated heterocycles. The van der Waals surface area contributed by atoms with E-state index in [-0.39, 0.29) is 13.0 Å². The number of aryl methyl sites for hydroxylation is 1. The van der Waals surface area contributed by atoms with Crippen molar-refractivity contribution in [3.05, 3.63) is 42.0 Å². The van der Waals surface area contributed by atoms with Crippen molar-refractivity contribution in [1.82, 2.24) is 0 Å². The van der Waals surface area contributed by atoms with Crippen LogP contribution in [0.3, 0.4) is 0 Å². The summed E-state index contributed by atoms with van der Waals surface area (Å²) in [5.74, 6) is -1.25. The molecule has 0 saturated carbocycles. The van der Waals surface area contributed by atoms with Gasteiger partial charge in [0.15, 0.2) is 0 Å². The largest absolute Gasteiger partial charge is 0.393 e. The second-order valence-electron chi connectivity index (χ2n) is 7.53. The minimum absolute atomic E-state index is 0.0255. The first kappa shape index (κ1) is 22.1. The molecule has 1 aliphatic heterocycles. The third-order valence-corrected chi connectivity index (χ3v) is 5.42. The zero-order valence-electron chi connectivity index (χ0n) is 17.6. The predicted octanol–water partition coefficient (Wildman–Crippen LogP) is 5.23. The minimum atomic E-state index is -4.13. The van der Waals surface area contributed by atoms with E-state index in [1.54, 1.807) is 7.11 Å². The van der Waals surface area contributed by atoms with Gasteiger partial charge in [-0.1, -0.05) is 0 Å². The summed E-state index contributed by atoms with van der Waals surface area (Å²) in [5, 5.41) is 9.91. The van der Waals surface area contributed by atoms with Crippen LogP contribution in [0.15, 0.2) is 36.4 Å². The third-order valence-electron chi connectivity index (χ3n) is 5.42.